The highest BCUT2D eigenvalue weighted by molar-refractivity contribution is 6.31. The highest BCUT2D eigenvalue weighted by Crippen LogP contribution is 2.36. The molecular weight excluding hydrogens is 225 g/mol. The molecule has 0 fully saturated rings. The maximum absolute atomic E-state index is 13.0. The Hall–Kier alpha value is -0.600. The van der Waals surface area contributed by atoms with Crippen molar-refractivity contribution in [3.63, 3.8) is 0 Å². The van der Waals surface area contributed by atoms with Crippen LogP contribution in [0.3, 0.4) is 0 Å². The molecule has 1 nitrogen and oxygen atoms in total. The first kappa shape index (κ1) is 13.5. The molecule has 90 valence electrons. The van der Waals surface area contributed by atoms with Gasteiger partial charge in [0.25, 0.3) is 0 Å². The van der Waals surface area contributed by atoms with Gasteiger partial charge in [-0.15, -0.1) is 0 Å². The van der Waals surface area contributed by atoms with Crippen LogP contribution in [0.25, 0.3) is 0 Å². The minimum absolute atomic E-state index is 0.0392. The van der Waals surface area contributed by atoms with Gasteiger partial charge in [-0.25, -0.2) is 4.39 Å². The number of benzene rings is 1. The van der Waals surface area contributed by atoms with Crippen LogP contribution >= 0.6 is 11.6 Å². The first-order valence-electron chi connectivity index (χ1n) is 5.54. The van der Waals surface area contributed by atoms with Crippen molar-refractivity contribution >= 4 is 11.6 Å². The molecule has 1 unspecified atom stereocenters. The van der Waals surface area contributed by atoms with Gasteiger partial charge in [0, 0.05) is 11.1 Å². The highest BCUT2D eigenvalue weighted by atomic mass is 35.5. The molecule has 3 heteroatoms. The van der Waals surface area contributed by atoms with Crippen molar-refractivity contribution in [1.29, 1.82) is 0 Å². The fraction of sp³-hybridized carbons (Fsp3) is 0.538. The van der Waals surface area contributed by atoms with E-state index in [1.54, 1.807) is 6.07 Å². The van der Waals surface area contributed by atoms with Crippen molar-refractivity contribution in [2.75, 3.05) is 6.54 Å². The van der Waals surface area contributed by atoms with E-state index in [1.807, 2.05) is 0 Å². The van der Waals surface area contributed by atoms with Crippen LogP contribution in [0.5, 0.6) is 0 Å². The zero-order valence-corrected chi connectivity index (χ0v) is 11.0. The minimum Gasteiger partial charge on any atom is -0.310 e. The molecule has 1 N–H and O–H groups in total. The Labute approximate surface area is 102 Å². The topological polar surface area (TPSA) is 12.0 Å². The third kappa shape index (κ3) is 3.19. The fourth-order valence-electron chi connectivity index (χ4n) is 1.82. The van der Waals surface area contributed by atoms with Crippen LogP contribution in [-0.2, 0) is 0 Å². The monoisotopic (exact) mass is 243 g/mol. The van der Waals surface area contributed by atoms with E-state index in [9.17, 15) is 4.39 Å². The average molecular weight is 244 g/mol. The molecule has 0 aliphatic rings. The Morgan fingerprint density at radius 2 is 2.00 bits per heavy atom. The Morgan fingerprint density at radius 3 is 2.44 bits per heavy atom. The van der Waals surface area contributed by atoms with E-state index < -0.39 is 0 Å². The highest BCUT2D eigenvalue weighted by Gasteiger charge is 2.27. The van der Waals surface area contributed by atoms with Gasteiger partial charge in [0.2, 0.25) is 0 Å². The van der Waals surface area contributed by atoms with Gasteiger partial charge in [-0.3, -0.25) is 0 Å². The van der Waals surface area contributed by atoms with E-state index in [2.05, 4.69) is 33.0 Å². The van der Waals surface area contributed by atoms with Crippen LogP contribution in [-0.4, -0.2) is 6.54 Å². The van der Waals surface area contributed by atoms with Gasteiger partial charge in [0.05, 0.1) is 0 Å². The van der Waals surface area contributed by atoms with Crippen LogP contribution in [0, 0.1) is 11.2 Å². The zero-order valence-electron chi connectivity index (χ0n) is 10.3. The maximum atomic E-state index is 13.0. The summed E-state index contributed by atoms with van der Waals surface area (Å²) in [5.41, 5.74) is 0.995. The van der Waals surface area contributed by atoms with Crippen LogP contribution in [0.15, 0.2) is 18.2 Å². The third-order valence-electron chi connectivity index (χ3n) is 2.55. The van der Waals surface area contributed by atoms with Gasteiger partial charge >= 0.3 is 0 Å². The molecule has 0 aromatic heterocycles. The van der Waals surface area contributed by atoms with E-state index in [1.165, 1.54) is 12.1 Å². The summed E-state index contributed by atoms with van der Waals surface area (Å²) in [5.74, 6) is -0.294. The van der Waals surface area contributed by atoms with Crippen molar-refractivity contribution in [2.45, 2.75) is 33.7 Å². The van der Waals surface area contributed by atoms with Crippen molar-refractivity contribution < 1.29 is 4.39 Å². The van der Waals surface area contributed by atoms with Crippen molar-refractivity contribution in [3.05, 3.63) is 34.6 Å². The van der Waals surface area contributed by atoms with Crippen molar-refractivity contribution in [2.24, 2.45) is 5.41 Å². The summed E-state index contributed by atoms with van der Waals surface area (Å²) in [7, 11) is 0. The predicted molar refractivity (Wildman–Crippen MR) is 67.3 cm³/mol. The molecule has 16 heavy (non-hydrogen) atoms. The summed E-state index contributed by atoms with van der Waals surface area (Å²) in [5, 5.41) is 3.88. The lowest BCUT2D eigenvalue weighted by atomic mass is 9.82. The van der Waals surface area contributed by atoms with Crippen LogP contribution in [0.1, 0.15) is 39.3 Å². The largest absolute Gasteiger partial charge is 0.310 e. The summed E-state index contributed by atoms with van der Waals surface area (Å²) in [4.78, 5) is 0. The van der Waals surface area contributed by atoms with E-state index in [0.29, 0.717) is 5.02 Å². The number of hydrogen-bond acceptors (Lipinski definition) is 1. The van der Waals surface area contributed by atoms with E-state index in [-0.39, 0.29) is 17.3 Å². The van der Waals surface area contributed by atoms with E-state index >= 15 is 0 Å². The summed E-state index contributed by atoms with van der Waals surface area (Å²) in [6.45, 7) is 9.33. The quantitative estimate of drug-likeness (QED) is 0.840. The van der Waals surface area contributed by atoms with Gasteiger partial charge in [-0.05, 0) is 29.7 Å². The lowest BCUT2D eigenvalue weighted by Gasteiger charge is -2.32. The lowest BCUT2D eigenvalue weighted by molar-refractivity contribution is 0.276. The minimum atomic E-state index is -0.294. The fourth-order valence-corrected chi connectivity index (χ4v) is 2.10. The van der Waals surface area contributed by atoms with Crippen LogP contribution in [0.4, 0.5) is 4.39 Å². The Morgan fingerprint density at radius 1 is 1.38 bits per heavy atom. The second-order valence-electron chi connectivity index (χ2n) is 5.02. The average Bonchev–Trinajstić information content (AvgIpc) is 2.13. The number of hydrogen-bond donors (Lipinski definition) is 1. The number of rotatable bonds is 3. The van der Waals surface area contributed by atoms with Gasteiger partial charge in [0.1, 0.15) is 5.82 Å². The SMILES string of the molecule is CCNC(c1ccc(F)cc1Cl)C(C)(C)C. The molecule has 0 bridgehead atoms. The summed E-state index contributed by atoms with van der Waals surface area (Å²) < 4.78 is 13.0. The maximum Gasteiger partial charge on any atom is 0.124 e. The molecule has 0 heterocycles. The Kier molecular flexibility index (Phi) is 4.34. The molecule has 1 atom stereocenters. The third-order valence-corrected chi connectivity index (χ3v) is 2.88. The van der Waals surface area contributed by atoms with Gasteiger partial charge in [-0.2, -0.15) is 0 Å². The molecule has 1 rings (SSSR count). The van der Waals surface area contributed by atoms with Crippen LogP contribution < -0.4 is 5.32 Å². The molecule has 0 spiro atoms. The number of halogens is 2. The number of nitrogens with one attached hydrogen (secondary N) is 1. The van der Waals surface area contributed by atoms with E-state index in [4.69, 9.17) is 11.6 Å². The predicted octanol–water partition coefficient (Wildman–Crippen LogP) is 4.18. The van der Waals surface area contributed by atoms with Crippen molar-refractivity contribution in [1.82, 2.24) is 5.32 Å². The van der Waals surface area contributed by atoms with Crippen LogP contribution in [0.2, 0.25) is 5.02 Å². The molecule has 1 aromatic rings. The molecule has 0 aliphatic carbocycles. The summed E-state index contributed by atoms with van der Waals surface area (Å²) in [6.07, 6.45) is 0. The first-order chi connectivity index (χ1) is 7.36. The Balaban J connectivity index is 3.11. The standard InChI is InChI=1S/C13H19ClFN/c1-5-16-12(13(2,3)4)10-7-6-9(15)8-11(10)14/h6-8,12,16H,5H2,1-4H3. The molecule has 0 amide bonds. The molecule has 0 radical (unpaired) electrons. The molecule has 1 aromatic carbocycles. The smallest absolute Gasteiger partial charge is 0.124 e. The second-order valence-corrected chi connectivity index (χ2v) is 5.43. The first-order valence-corrected chi connectivity index (χ1v) is 5.92. The molecular formula is C13H19ClFN. The summed E-state index contributed by atoms with van der Waals surface area (Å²) >= 11 is 6.09. The molecule has 0 aliphatic heterocycles. The van der Waals surface area contributed by atoms with E-state index in [0.717, 1.165) is 12.1 Å². The van der Waals surface area contributed by atoms with Gasteiger partial charge in [0.15, 0.2) is 0 Å². The molecule has 0 saturated carbocycles. The second kappa shape index (κ2) is 5.15. The zero-order chi connectivity index (χ0) is 12.3. The lowest BCUT2D eigenvalue weighted by Crippen LogP contribution is -2.32. The van der Waals surface area contributed by atoms with Crippen molar-refractivity contribution in [3.8, 4) is 0 Å². The van der Waals surface area contributed by atoms with Gasteiger partial charge in [-0.1, -0.05) is 45.4 Å². The summed E-state index contributed by atoms with van der Waals surface area (Å²) in [6, 6.07) is 4.71. The van der Waals surface area contributed by atoms with Gasteiger partial charge < -0.3 is 5.32 Å². The Bertz CT molecular complexity index is 357. The molecule has 0 saturated heterocycles. The normalized spacial score (nSPS) is 13.9.